The molecule has 0 bridgehead atoms. The summed E-state index contributed by atoms with van der Waals surface area (Å²) in [7, 11) is 0. The van der Waals surface area contributed by atoms with Crippen LogP contribution in [0.2, 0.25) is 0 Å². The third-order valence-electron chi connectivity index (χ3n) is 5.73. The molecular formula is C27H22BrN6Na. The van der Waals surface area contributed by atoms with Gasteiger partial charge in [-0.25, -0.2) is 0 Å². The first-order chi connectivity index (χ1) is 16.2. The van der Waals surface area contributed by atoms with E-state index in [9.17, 15) is 0 Å². The zero-order valence-electron chi connectivity index (χ0n) is 18.5. The average Bonchev–Trinajstić information content (AvgIpc) is 3.34. The van der Waals surface area contributed by atoms with Gasteiger partial charge in [0, 0.05) is 4.91 Å². The molecule has 2 aliphatic rings. The second kappa shape index (κ2) is 13.2. The summed E-state index contributed by atoms with van der Waals surface area (Å²) in [4.78, 5) is 4.81. The first-order valence-electron chi connectivity index (χ1n) is 10.2. The van der Waals surface area contributed by atoms with Crippen molar-refractivity contribution in [3.63, 3.8) is 0 Å². The monoisotopic (exact) mass is 532 g/mol. The molecule has 35 heavy (non-hydrogen) atoms. The zero-order chi connectivity index (χ0) is 23.2. The molecule has 0 heterocycles. The fourth-order valence-electron chi connectivity index (χ4n) is 4.40. The molecule has 8 heteroatoms. The number of nitrogens with zero attached hydrogens (tertiary/aromatic N) is 6. The van der Waals surface area contributed by atoms with E-state index in [1.165, 1.54) is 38.3 Å². The van der Waals surface area contributed by atoms with Gasteiger partial charge in [0.2, 0.25) is 0 Å². The molecule has 0 saturated carbocycles. The van der Waals surface area contributed by atoms with E-state index in [0.29, 0.717) is 4.83 Å². The van der Waals surface area contributed by atoms with Gasteiger partial charge in [-0.2, -0.15) is 0 Å². The second-order valence-corrected chi connectivity index (χ2v) is 8.32. The first-order valence-corrected chi connectivity index (χ1v) is 11.2. The Kier molecular flexibility index (Phi) is 10.6. The topological polar surface area (TPSA) is 107 Å². The quantitative estimate of drug-likeness (QED) is 0.0851. The molecule has 0 spiro atoms. The van der Waals surface area contributed by atoms with E-state index in [-0.39, 0.29) is 43.0 Å². The van der Waals surface area contributed by atoms with Gasteiger partial charge < -0.3 is 11.1 Å². The van der Waals surface area contributed by atoms with Crippen LogP contribution < -0.4 is 29.6 Å². The molecule has 2 aliphatic carbocycles. The molecule has 6 nitrogen and oxygen atoms in total. The fraction of sp³-hybridized carbons (Fsp3) is 0.111. The van der Waals surface area contributed by atoms with Crippen LogP contribution in [0.3, 0.4) is 0 Å². The number of benzene rings is 4. The number of rotatable bonds is 1. The predicted molar refractivity (Wildman–Crippen MR) is 142 cm³/mol. The van der Waals surface area contributed by atoms with Gasteiger partial charge in [-0.15, -0.1) is 0 Å². The molecule has 6 rings (SSSR count). The van der Waals surface area contributed by atoms with Crippen LogP contribution >= 0.6 is 15.9 Å². The standard InChI is InChI=1S/C13H9Br.C13H9N3.CH4.N3.Na/c14-13-11-7-3-1-5-9(11)10-6-2-4-8-12(10)13;14-16-15-13-11-7-3-1-5-9(11)10-6-2-4-8-12(10)13;;1-3-2;/h1-8,13H;1-8,13H;1H4;;/q;;;-1;+1. The van der Waals surface area contributed by atoms with Crippen molar-refractivity contribution < 1.29 is 29.6 Å². The average molecular weight is 533 g/mol. The van der Waals surface area contributed by atoms with Crippen molar-refractivity contribution in [1.29, 1.82) is 0 Å². The minimum absolute atomic E-state index is 0. The van der Waals surface area contributed by atoms with Crippen molar-refractivity contribution in [2.45, 2.75) is 18.3 Å². The predicted octanol–water partition coefficient (Wildman–Crippen LogP) is 6.72. The van der Waals surface area contributed by atoms with Gasteiger partial charge in [-0.3, -0.25) is 4.91 Å². The van der Waals surface area contributed by atoms with Gasteiger partial charge in [-0.1, -0.05) is 126 Å². The maximum atomic E-state index is 8.64. The fourth-order valence-corrected chi connectivity index (χ4v) is 5.20. The number of hydrogen-bond acceptors (Lipinski definition) is 1. The van der Waals surface area contributed by atoms with Crippen molar-refractivity contribution in [2.75, 3.05) is 0 Å². The van der Waals surface area contributed by atoms with Crippen LogP contribution in [0.4, 0.5) is 0 Å². The summed E-state index contributed by atoms with van der Waals surface area (Å²) in [6.07, 6.45) is 0. The summed E-state index contributed by atoms with van der Waals surface area (Å²) < 4.78 is 0. The van der Waals surface area contributed by atoms with Crippen molar-refractivity contribution >= 4 is 15.9 Å². The van der Waals surface area contributed by atoms with E-state index in [1.807, 2.05) is 36.4 Å². The molecule has 0 amide bonds. The van der Waals surface area contributed by atoms with E-state index < -0.39 is 0 Å². The van der Waals surface area contributed by atoms with E-state index in [2.05, 4.69) is 86.6 Å². The third-order valence-corrected chi connectivity index (χ3v) is 6.71. The van der Waals surface area contributed by atoms with Crippen LogP contribution in [0.5, 0.6) is 0 Å². The van der Waals surface area contributed by atoms with Crippen molar-refractivity contribution in [3.8, 4) is 22.3 Å². The Balaban J connectivity index is 0.000000213. The summed E-state index contributed by atoms with van der Waals surface area (Å²) in [6.45, 7) is 0. The van der Waals surface area contributed by atoms with Gasteiger partial charge in [0.05, 0.1) is 10.9 Å². The Bertz CT molecular complexity index is 1300. The van der Waals surface area contributed by atoms with Crippen LogP contribution in [-0.2, 0) is 0 Å². The van der Waals surface area contributed by atoms with Crippen LogP contribution in [0.25, 0.3) is 48.7 Å². The smallest absolute Gasteiger partial charge is 0.373 e. The Morgan fingerprint density at radius 1 is 0.571 bits per heavy atom. The molecule has 0 N–H and O–H groups in total. The normalized spacial score (nSPS) is 11.6. The number of fused-ring (bicyclic) bond motifs is 6. The van der Waals surface area contributed by atoms with Gasteiger partial charge in [0.15, 0.2) is 0 Å². The molecule has 0 fully saturated rings. The summed E-state index contributed by atoms with van der Waals surface area (Å²) in [5, 5.41) is 3.89. The molecule has 0 atom stereocenters. The molecule has 0 aliphatic heterocycles. The van der Waals surface area contributed by atoms with Crippen molar-refractivity contribution in [2.24, 2.45) is 5.11 Å². The minimum atomic E-state index is -0.169. The van der Waals surface area contributed by atoms with E-state index in [0.717, 1.165) is 11.1 Å². The first kappa shape index (κ1) is 28.2. The Hall–Kier alpha value is -3.02. The Morgan fingerprint density at radius 2 is 0.857 bits per heavy atom. The third kappa shape index (κ3) is 5.63. The van der Waals surface area contributed by atoms with Gasteiger partial charge in [0.25, 0.3) is 0 Å². The molecule has 0 radical (unpaired) electrons. The number of halogens is 1. The van der Waals surface area contributed by atoms with Gasteiger partial charge in [0.1, 0.15) is 0 Å². The largest absolute Gasteiger partial charge is 1.00 e. The molecule has 168 valence electrons. The summed E-state index contributed by atoms with van der Waals surface area (Å²) >= 11 is 3.74. The number of alkyl halides is 1. The Morgan fingerprint density at radius 3 is 1.20 bits per heavy atom. The molecule has 0 aromatic heterocycles. The van der Waals surface area contributed by atoms with E-state index in [4.69, 9.17) is 16.6 Å². The van der Waals surface area contributed by atoms with Crippen molar-refractivity contribution in [3.05, 3.63) is 146 Å². The van der Waals surface area contributed by atoms with Gasteiger partial charge >= 0.3 is 29.6 Å². The molecular weight excluding hydrogens is 511 g/mol. The second-order valence-electron chi connectivity index (χ2n) is 7.41. The summed E-state index contributed by atoms with van der Waals surface area (Å²) in [5.74, 6) is 0. The van der Waals surface area contributed by atoms with Crippen LogP contribution in [0.1, 0.15) is 40.5 Å². The minimum Gasteiger partial charge on any atom is -0.373 e. The van der Waals surface area contributed by atoms with Crippen LogP contribution in [-0.4, -0.2) is 0 Å². The van der Waals surface area contributed by atoms with Crippen LogP contribution in [0, 0.1) is 0 Å². The summed E-state index contributed by atoms with van der Waals surface area (Å²) in [6, 6.07) is 33.1. The molecule has 0 saturated heterocycles. The maximum Gasteiger partial charge on any atom is 1.00 e. The SMILES string of the molecule is BrC1c2ccccc2-c2ccccc21.C.[N-]=[N+]=NC1c2ccccc2-c2ccccc21.[N-]=[N+]=[N-].[Na+]. The summed E-state index contributed by atoms with van der Waals surface area (Å²) in [5.41, 5.74) is 32.2. The van der Waals surface area contributed by atoms with Crippen molar-refractivity contribution in [1.82, 2.24) is 0 Å². The molecule has 4 aromatic carbocycles. The van der Waals surface area contributed by atoms with Gasteiger partial charge in [-0.05, 0) is 50.0 Å². The maximum absolute atomic E-state index is 8.64. The zero-order valence-corrected chi connectivity index (χ0v) is 22.0. The number of azide groups is 1. The molecule has 0 unspecified atom stereocenters. The van der Waals surface area contributed by atoms with Crippen LogP contribution in [0.15, 0.2) is 102 Å². The Labute approximate surface area is 235 Å². The van der Waals surface area contributed by atoms with E-state index >= 15 is 0 Å². The van der Waals surface area contributed by atoms with E-state index in [1.54, 1.807) is 0 Å². The number of hydrogen-bond donors (Lipinski definition) is 0. The molecule has 4 aromatic rings.